The van der Waals surface area contributed by atoms with E-state index in [9.17, 15) is 19.2 Å². The van der Waals surface area contributed by atoms with Gasteiger partial charge in [0.1, 0.15) is 12.4 Å². The number of carbonyl (C=O) groups is 4. The molecule has 0 saturated carbocycles. The lowest BCUT2D eigenvalue weighted by molar-refractivity contribution is -0.135. The Kier molecular flexibility index (Phi) is 9.74. The number of piperazine rings is 1. The van der Waals surface area contributed by atoms with Gasteiger partial charge in [0.15, 0.2) is 0 Å². The van der Waals surface area contributed by atoms with Crippen molar-refractivity contribution in [1.29, 1.82) is 5.41 Å². The molecule has 1 heterocycles. The van der Waals surface area contributed by atoms with E-state index in [2.05, 4.69) is 0 Å². The van der Waals surface area contributed by atoms with Gasteiger partial charge in [0.25, 0.3) is 11.8 Å². The predicted octanol–water partition coefficient (Wildman–Crippen LogP) is 2.23. The molecule has 11 heteroatoms. The number of carbonyl (C=O) groups excluding carboxylic acids is 3. The molecule has 11 nitrogen and oxygen atoms in total. The average Bonchev–Trinajstić information content (AvgIpc) is 2.96. The van der Waals surface area contributed by atoms with Crippen LogP contribution in [-0.4, -0.2) is 77.3 Å². The van der Waals surface area contributed by atoms with E-state index in [4.69, 9.17) is 22.0 Å². The molecule has 39 heavy (non-hydrogen) atoms. The third-order valence-corrected chi connectivity index (χ3v) is 5.93. The number of carboxylic acid groups (broad SMARTS) is 1. The van der Waals surface area contributed by atoms with Crippen molar-refractivity contribution in [3.63, 3.8) is 0 Å². The highest BCUT2D eigenvalue weighted by Crippen LogP contribution is 2.17. The van der Waals surface area contributed by atoms with E-state index in [1.54, 1.807) is 70.5 Å². The number of amides is 4. The summed E-state index contributed by atoms with van der Waals surface area (Å²) in [7, 11) is 0. The smallest absolute Gasteiger partial charge is 0.323 e. The molecule has 1 aliphatic rings. The lowest BCUT2D eigenvalue weighted by atomic mass is 10.1. The number of nitrogens with two attached hydrogens (primary N) is 2. The number of benzene rings is 3. The van der Waals surface area contributed by atoms with Gasteiger partial charge in [0, 0.05) is 48.6 Å². The van der Waals surface area contributed by atoms with Crippen molar-refractivity contribution < 1.29 is 24.3 Å². The van der Waals surface area contributed by atoms with Crippen LogP contribution in [0.1, 0.15) is 26.3 Å². The summed E-state index contributed by atoms with van der Waals surface area (Å²) in [6.07, 6.45) is 0. The van der Waals surface area contributed by atoms with Crippen LogP contribution in [0.25, 0.3) is 0 Å². The summed E-state index contributed by atoms with van der Waals surface area (Å²) in [6.45, 7) is 1.64. The molecule has 0 atom stereocenters. The maximum Gasteiger partial charge on any atom is 0.323 e. The maximum absolute atomic E-state index is 12.6. The SMILES string of the molecule is N=C(N)c1cccc(C(=O)N(CC(=O)O)c2ccccc2)c1.NC(=O)N1CCN(C(=O)c2ccccc2)CC1. The summed E-state index contributed by atoms with van der Waals surface area (Å²) in [5, 5.41) is 16.5. The Labute approximate surface area is 225 Å². The molecule has 1 saturated heterocycles. The molecule has 4 amide bonds. The number of hydrogen-bond donors (Lipinski definition) is 4. The van der Waals surface area contributed by atoms with Crippen LogP contribution in [0.4, 0.5) is 10.5 Å². The highest BCUT2D eigenvalue weighted by atomic mass is 16.4. The zero-order chi connectivity index (χ0) is 28.4. The fraction of sp³-hybridized carbons (Fsp3) is 0.179. The molecule has 3 aromatic rings. The number of aliphatic carboxylic acids is 1. The molecule has 1 aliphatic heterocycles. The molecule has 4 rings (SSSR count). The quantitative estimate of drug-likeness (QED) is 0.281. The number of para-hydroxylation sites is 1. The number of hydrogen-bond acceptors (Lipinski definition) is 5. The average molecular weight is 531 g/mol. The topological polar surface area (TPSA) is 174 Å². The van der Waals surface area contributed by atoms with Crippen LogP contribution in [0.15, 0.2) is 84.9 Å². The van der Waals surface area contributed by atoms with Gasteiger partial charge in [-0.1, -0.05) is 48.5 Å². The van der Waals surface area contributed by atoms with Gasteiger partial charge >= 0.3 is 12.0 Å². The molecule has 0 bridgehead atoms. The largest absolute Gasteiger partial charge is 0.480 e. The van der Waals surface area contributed by atoms with Gasteiger partial charge in [-0.05, 0) is 36.4 Å². The first-order valence-electron chi connectivity index (χ1n) is 12.1. The van der Waals surface area contributed by atoms with E-state index in [1.807, 2.05) is 18.2 Å². The molecule has 6 N–H and O–H groups in total. The third-order valence-electron chi connectivity index (χ3n) is 5.93. The van der Waals surface area contributed by atoms with Gasteiger partial charge in [-0.2, -0.15) is 0 Å². The number of primary amides is 1. The summed E-state index contributed by atoms with van der Waals surface area (Å²) in [5.74, 6) is -1.72. The van der Waals surface area contributed by atoms with Crippen molar-refractivity contribution in [1.82, 2.24) is 9.80 Å². The molecule has 0 spiro atoms. The van der Waals surface area contributed by atoms with Crippen LogP contribution in [0, 0.1) is 5.41 Å². The Morgan fingerprint density at radius 2 is 1.26 bits per heavy atom. The minimum atomic E-state index is -1.11. The van der Waals surface area contributed by atoms with E-state index in [0.29, 0.717) is 43.0 Å². The first-order chi connectivity index (χ1) is 18.7. The number of nitrogens with zero attached hydrogens (tertiary/aromatic N) is 3. The Morgan fingerprint density at radius 3 is 1.79 bits per heavy atom. The summed E-state index contributed by atoms with van der Waals surface area (Å²) < 4.78 is 0. The van der Waals surface area contributed by atoms with Gasteiger partial charge in [-0.15, -0.1) is 0 Å². The summed E-state index contributed by atoms with van der Waals surface area (Å²) in [6, 6.07) is 23.5. The summed E-state index contributed by atoms with van der Waals surface area (Å²) >= 11 is 0. The minimum absolute atomic E-state index is 0.00900. The van der Waals surface area contributed by atoms with Crippen molar-refractivity contribution in [2.45, 2.75) is 0 Å². The molecular weight excluding hydrogens is 500 g/mol. The van der Waals surface area contributed by atoms with Gasteiger partial charge in [0.05, 0.1) is 0 Å². The van der Waals surface area contributed by atoms with Crippen molar-refractivity contribution in [2.24, 2.45) is 11.5 Å². The molecule has 202 valence electrons. The van der Waals surface area contributed by atoms with Crippen LogP contribution in [0.2, 0.25) is 0 Å². The van der Waals surface area contributed by atoms with Gasteiger partial charge in [-0.3, -0.25) is 24.7 Å². The predicted molar refractivity (Wildman–Crippen MR) is 147 cm³/mol. The van der Waals surface area contributed by atoms with Crippen LogP contribution < -0.4 is 16.4 Å². The number of nitrogen functional groups attached to an aromatic ring is 1. The van der Waals surface area contributed by atoms with E-state index in [-0.39, 0.29) is 17.3 Å². The lowest BCUT2D eigenvalue weighted by Crippen LogP contribution is -2.52. The molecular formula is C28H30N6O5. The molecule has 0 aromatic heterocycles. The number of rotatable bonds is 6. The Morgan fingerprint density at radius 1 is 0.744 bits per heavy atom. The zero-order valence-electron chi connectivity index (χ0n) is 21.2. The fourth-order valence-corrected chi connectivity index (χ4v) is 3.89. The number of anilines is 1. The minimum Gasteiger partial charge on any atom is -0.480 e. The van der Waals surface area contributed by atoms with Crippen molar-refractivity contribution >= 4 is 35.3 Å². The molecule has 1 fully saturated rings. The second-order valence-electron chi connectivity index (χ2n) is 8.60. The highest BCUT2D eigenvalue weighted by Gasteiger charge is 2.23. The van der Waals surface area contributed by atoms with Crippen LogP contribution in [0.5, 0.6) is 0 Å². The molecule has 0 radical (unpaired) electrons. The second-order valence-corrected chi connectivity index (χ2v) is 8.60. The van der Waals surface area contributed by atoms with Crippen molar-refractivity contribution in [3.8, 4) is 0 Å². The standard InChI is InChI=1S/C16H15N3O3.C12H15N3O2/c17-15(18)11-5-4-6-12(9-11)16(22)19(10-14(20)21)13-7-2-1-3-8-13;13-12(17)15-8-6-14(7-9-15)11(16)10-4-2-1-3-5-10/h1-9H,10H2,(H3,17,18)(H,20,21);1-5H,6-9H2,(H2,13,17). The number of carboxylic acids is 1. The van der Waals surface area contributed by atoms with Gasteiger partial charge in [-0.25, -0.2) is 4.79 Å². The van der Waals surface area contributed by atoms with Crippen LogP contribution >= 0.6 is 0 Å². The second kappa shape index (κ2) is 13.4. The molecule has 3 aromatic carbocycles. The van der Waals surface area contributed by atoms with Crippen LogP contribution in [-0.2, 0) is 4.79 Å². The van der Waals surface area contributed by atoms with Crippen molar-refractivity contribution in [2.75, 3.05) is 37.6 Å². The first-order valence-corrected chi connectivity index (χ1v) is 12.1. The first kappa shape index (κ1) is 28.4. The van der Waals surface area contributed by atoms with E-state index in [1.165, 1.54) is 11.0 Å². The highest BCUT2D eigenvalue weighted by molar-refractivity contribution is 6.09. The Balaban J connectivity index is 0.000000223. The molecule has 0 unspecified atom stereocenters. The fourth-order valence-electron chi connectivity index (χ4n) is 3.89. The van der Waals surface area contributed by atoms with Gasteiger partial charge in [0.2, 0.25) is 0 Å². The van der Waals surface area contributed by atoms with Gasteiger partial charge < -0.3 is 26.4 Å². The Bertz CT molecular complexity index is 1320. The zero-order valence-corrected chi connectivity index (χ0v) is 21.2. The monoisotopic (exact) mass is 530 g/mol. The lowest BCUT2D eigenvalue weighted by Gasteiger charge is -2.33. The third kappa shape index (κ3) is 7.89. The number of nitrogens with one attached hydrogen (secondary N) is 1. The normalized spacial score (nSPS) is 12.5. The van der Waals surface area contributed by atoms with Crippen molar-refractivity contribution in [3.05, 3.63) is 102 Å². The maximum atomic E-state index is 12.6. The van der Waals surface area contributed by atoms with E-state index < -0.39 is 24.5 Å². The van der Waals surface area contributed by atoms with E-state index >= 15 is 0 Å². The molecule has 0 aliphatic carbocycles. The van der Waals surface area contributed by atoms with E-state index in [0.717, 1.165) is 0 Å². The number of urea groups is 1. The number of amidine groups is 1. The Hall–Kier alpha value is -5.19. The summed E-state index contributed by atoms with van der Waals surface area (Å²) in [4.78, 5) is 51.1. The van der Waals surface area contributed by atoms with Crippen LogP contribution in [0.3, 0.4) is 0 Å². The summed E-state index contributed by atoms with van der Waals surface area (Å²) in [5.41, 5.74) is 12.5.